The van der Waals surface area contributed by atoms with Gasteiger partial charge in [-0.1, -0.05) is 0 Å². The van der Waals surface area contributed by atoms with E-state index in [0.29, 0.717) is 13.1 Å². The van der Waals surface area contributed by atoms with Crippen molar-refractivity contribution in [2.45, 2.75) is 12.6 Å². The van der Waals surface area contributed by atoms with Crippen LogP contribution in [0, 0.1) is 0 Å². The summed E-state index contributed by atoms with van der Waals surface area (Å²) in [5.74, 6) is -0.535. The molecule has 0 saturated carbocycles. The molecule has 7 heteroatoms. The fraction of sp³-hybridized carbons (Fsp3) is 0.538. The summed E-state index contributed by atoms with van der Waals surface area (Å²) in [6.45, 7) is 2.97. The van der Waals surface area contributed by atoms with Gasteiger partial charge in [-0.3, -0.25) is 14.7 Å². The largest absolute Gasteiger partial charge is 0.417 e. The number of carbonyl (C=O) groups is 1. The normalized spacial score (nSPS) is 17.8. The lowest BCUT2D eigenvalue weighted by molar-refractivity contribution is -0.138. The summed E-state index contributed by atoms with van der Waals surface area (Å²) in [5.41, 5.74) is -1.26. The van der Waals surface area contributed by atoms with E-state index in [0.717, 1.165) is 38.0 Å². The van der Waals surface area contributed by atoms with E-state index in [2.05, 4.69) is 10.3 Å². The van der Waals surface area contributed by atoms with Crippen LogP contribution in [-0.4, -0.2) is 48.4 Å². The first-order valence-corrected chi connectivity index (χ1v) is 6.46. The second-order valence-corrected chi connectivity index (χ2v) is 4.72. The van der Waals surface area contributed by atoms with Crippen LogP contribution in [0.15, 0.2) is 18.5 Å². The van der Waals surface area contributed by atoms with E-state index in [9.17, 15) is 18.0 Å². The van der Waals surface area contributed by atoms with E-state index in [1.165, 1.54) is 0 Å². The molecule has 0 atom stereocenters. The van der Waals surface area contributed by atoms with Gasteiger partial charge in [-0.2, -0.15) is 13.2 Å². The Morgan fingerprint density at radius 2 is 2.15 bits per heavy atom. The van der Waals surface area contributed by atoms with Gasteiger partial charge in [0.2, 0.25) is 0 Å². The van der Waals surface area contributed by atoms with Gasteiger partial charge in [-0.15, -0.1) is 0 Å². The molecule has 1 aromatic heterocycles. The number of alkyl halides is 3. The lowest BCUT2D eigenvalue weighted by atomic mass is 10.1. The molecular formula is C13H16F3N3O. The lowest BCUT2D eigenvalue weighted by Gasteiger charge is -2.19. The number of aromatic nitrogens is 1. The summed E-state index contributed by atoms with van der Waals surface area (Å²) in [6, 6.07) is 0.844. The summed E-state index contributed by atoms with van der Waals surface area (Å²) in [4.78, 5) is 17.6. The van der Waals surface area contributed by atoms with E-state index >= 15 is 0 Å². The molecule has 1 N–H and O–H groups in total. The molecule has 0 bridgehead atoms. The number of rotatable bonds is 3. The number of ketones is 1. The van der Waals surface area contributed by atoms with Crippen molar-refractivity contribution in [2.75, 3.05) is 32.7 Å². The molecule has 2 rings (SSSR count). The van der Waals surface area contributed by atoms with Crippen molar-refractivity contribution in [3.05, 3.63) is 29.6 Å². The predicted octanol–water partition coefficient (Wildman–Crippen LogP) is 1.58. The monoisotopic (exact) mass is 287 g/mol. The molecule has 0 spiro atoms. The van der Waals surface area contributed by atoms with Gasteiger partial charge in [0.15, 0.2) is 5.78 Å². The van der Waals surface area contributed by atoms with Crippen LogP contribution < -0.4 is 5.32 Å². The van der Waals surface area contributed by atoms with Gasteiger partial charge < -0.3 is 5.32 Å². The van der Waals surface area contributed by atoms with Crippen LogP contribution in [0.3, 0.4) is 0 Å². The van der Waals surface area contributed by atoms with Gasteiger partial charge in [0.25, 0.3) is 0 Å². The van der Waals surface area contributed by atoms with Gasteiger partial charge in [0.1, 0.15) is 0 Å². The molecular weight excluding hydrogens is 271 g/mol. The van der Waals surface area contributed by atoms with Gasteiger partial charge in [0.05, 0.1) is 12.1 Å². The van der Waals surface area contributed by atoms with Gasteiger partial charge in [0, 0.05) is 31.0 Å². The molecule has 1 aliphatic rings. The fourth-order valence-electron chi connectivity index (χ4n) is 2.21. The number of halogens is 3. The van der Waals surface area contributed by atoms with E-state index in [-0.39, 0.29) is 12.1 Å². The third-order valence-corrected chi connectivity index (χ3v) is 3.23. The van der Waals surface area contributed by atoms with Crippen molar-refractivity contribution in [1.29, 1.82) is 0 Å². The Balaban J connectivity index is 2.13. The molecule has 0 aliphatic carbocycles. The maximum atomic E-state index is 12.8. The molecule has 2 heterocycles. The van der Waals surface area contributed by atoms with Crippen LogP contribution in [-0.2, 0) is 6.18 Å². The number of nitrogens with zero attached hydrogens (tertiary/aromatic N) is 2. The topological polar surface area (TPSA) is 45.2 Å². The standard InChI is InChI=1S/C13H16F3N3O/c14-13(15,16)11-2-4-18-8-10(11)12(20)9-19-6-1-3-17-5-7-19/h2,4,8,17H,1,3,5-7,9H2. The van der Waals surface area contributed by atoms with Crippen LogP contribution in [0.2, 0.25) is 0 Å². The van der Waals surface area contributed by atoms with Crippen LogP contribution in [0.5, 0.6) is 0 Å². The minimum absolute atomic E-state index is 0.00352. The molecule has 0 radical (unpaired) electrons. The van der Waals surface area contributed by atoms with Gasteiger partial charge in [-0.25, -0.2) is 0 Å². The molecule has 1 saturated heterocycles. The number of hydrogen-bond donors (Lipinski definition) is 1. The zero-order chi connectivity index (χ0) is 14.6. The molecule has 1 aromatic rings. The molecule has 0 aromatic carbocycles. The number of nitrogens with one attached hydrogen (secondary N) is 1. The van der Waals surface area contributed by atoms with E-state index in [1.54, 1.807) is 0 Å². The van der Waals surface area contributed by atoms with Crippen LogP contribution in [0.1, 0.15) is 22.3 Å². The SMILES string of the molecule is O=C(CN1CCCNCC1)c1cnccc1C(F)(F)F. The van der Waals surface area contributed by atoms with E-state index < -0.39 is 17.5 Å². The molecule has 1 fully saturated rings. The molecule has 20 heavy (non-hydrogen) atoms. The summed E-state index contributed by atoms with van der Waals surface area (Å²) in [6.07, 6.45) is -1.60. The smallest absolute Gasteiger partial charge is 0.315 e. The maximum Gasteiger partial charge on any atom is 0.417 e. The summed E-state index contributed by atoms with van der Waals surface area (Å²) in [7, 11) is 0. The van der Waals surface area contributed by atoms with Crippen molar-refractivity contribution < 1.29 is 18.0 Å². The number of carbonyl (C=O) groups excluding carboxylic acids is 1. The molecule has 0 amide bonds. The average Bonchev–Trinajstić information content (AvgIpc) is 2.66. The van der Waals surface area contributed by atoms with Gasteiger partial charge >= 0.3 is 6.18 Å². The Hall–Kier alpha value is -1.47. The number of pyridine rings is 1. The third-order valence-electron chi connectivity index (χ3n) is 3.23. The Labute approximate surface area is 115 Å². The van der Waals surface area contributed by atoms with Crippen LogP contribution in [0.25, 0.3) is 0 Å². The highest BCUT2D eigenvalue weighted by molar-refractivity contribution is 5.98. The Kier molecular flexibility index (Phi) is 4.72. The quantitative estimate of drug-likeness (QED) is 0.857. The van der Waals surface area contributed by atoms with E-state index in [1.807, 2.05) is 4.90 Å². The summed E-state index contributed by atoms with van der Waals surface area (Å²) >= 11 is 0. The fourth-order valence-corrected chi connectivity index (χ4v) is 2.21. The minimum Gasteiger partial charge on any atom is -0.315 e. The summed E-state index contributed by atoms with van der Waals surface area (Å²) < 4.78 is 38.5. The molecule has 4 nitrogen and oxygen atoms in total. The van der Waals surface area contributed by atoms with Crippen LogP contribution >= 0.6 is 0 Å². The Morgan fingerprint density at radius 1 is 1.35 bits per heavy atom. The highest BCUT2D eigenvalue weighted by atomic mass is 19.4. The zero-order valence-electron chi connectivity index (χ0n) is 10.9. The first kappa shape index (κ1) is 14.9. The molecule has 1 aliphatic heterocycles. The molecule has 0 unspecified atom stereocenters. The van der Waals surface area contributed by atoms with Crippen molar-refractivity contribution in [3.63, 3.8) is 0 Å². The third kappa shape index (κ3) is 3.77. The lowest BCUT2D eigenvalue weighted by Crippen LogP contribution is -2.33. The number of hydrogen-bond acceptors (Lipinski definition) is 4. The Bertz CT molecular complexity index is 468. The predicted molar refractivity (Wildman–Crippen MR) is 67.5 cm³/mol. The second kappa shape index (κ2) is 6.32. The Morgan fingerprint density at radius 3 is 2.90 bits per heavy atom. The average molecular weight is 287 g/mol. The van der Waals surface area contributed by atoms with Crippen molar-refractivity contribution in [1.82, 2.24) is 15.2 Å². The highest BCUT2D eigenvalue weighted by Crippen LogP contribution is 2.31. The second-order valence-electron chi connectivity index (χ2n) is 4.72. The zero-order valence-corrected chi connectivity index (χ0v) is 10.9. The first-order chi connectivity index (χ1) is 9.48. The molecule has 110 valence electrons. The van der Waals surface area contributed by atoms with E-state index in [4.69, 9.17) is 0 Å². The number of Topliss-reactive ketones (excluding diaryl/α,β-unsaturated/α-hetero) is 1. The van der Waals surface area contributed by atoms with Crippen molar-refractivity contribution in [2.24, 2.45) is 0 Å². The van der Waals surface area contributed by atoms with Gasteiger partial charge in [-0.05, 0) is 25.6 Å². The van der Waals surface area contributed by atoms with Crippen molar-refractivity contribution in [3.8, 4) is 0 Å². The summed E-state index contributed by atoms with van der Waals surface area (Å²) in [5, 5.41) is 3.18. The van der Waals surface area contributed by atoms with Crippen molar-refractivity contribution >= 4 is 5.78 Å². The highest BCUT2D eigenvalue weighted by Gasteiger charge is 2.35. The minimum atomic E-state index is -4.53. The van der Waals surface area contributed by atoms with Crippen LogP contribution in [0.4, 0.5) is 13.2 Å². The maximum absolute atomic E-state index is 12.8. The first-order valence-electron chi connectivity index (χ1n) is 6.46.